The Labute approximate surface area is 117 Å². The minimum atomic E-state index is 0. The van der Waals surface area contributed by atoms with Crippen molar-refractivity contribution in [2.45, 2.75) is 45.1 Å². The number of piperidine rings is 1. The molecule has 1 N–H and O–H groups in total. The van der Waals surface area contributed by atoms with E-state index in [2.05, 4.69) is 50.4 Å². The lowest BCUT2D eigenvalue weighted by atomic mass is 9.86. The fourth-order valence-electron chi connectivity index (χ4n) is 2.29. The van der Waals surface area contributed by atoms with Crippen molar-refractivity contribution in [3.63, 3.8) is 0 Å². The Balaban J connectivity index is 0.00000162. The average molecular weight is 270 g/mol. The van der Waals surface area contributed by atoms with Crippen LogP contribution < -0.4 is 10.1 Å². The summed E-state index contributed by atoms with van der Waals surface area (Å²) in [4.78, 5) is 0. The molecule has 1 aromatic carbocycles. The van der Waals surface area contributed by atoms with Gasteiger partial charge < -0.3 is 10.1 Å². The lowest BCUT2D eigenvalue weighted by Gasteiger charge is -2.28. The summed E-state index contributed by atoms with van der Waals surface area (Å²) >= 11 is 0. The third kappa shape index (κ3) is 3.89. The SMILES string of the molecule is CC(C)(C)c1ccccc1OC1CCCNC1.Cl. The van der Waals surface area contributed by atoms with E-state index in [9.17, 15) is 0 Å². The predicted molar refractivity (Wildman–Crippen MR) is 78.9 cm³/mol. The molecule has 1 heterocycles. The van der Waals surface area contributed by atoms with Crippen LogP contribution >= 0.6 is 12.4 Å². The molecule has 1 saturated heterocycles. The third-order valence-corrected chi connectivity index (χ3v) is 3.24. The Hall–Kier alpha value is -0.730. The van der Waals surface area contributed by atoms with E-state index in [0.717, 1.165) is 25.3 Å². The van der Waals surface area contributed by atoms with Crippen LogP contribution in [-0.4, -0.2) is 19.2 Å². The maximum absolute atomic E-state index is 6.15. The number of hydrogen-bond acceptors (Lipinski definition) is 2. The summed E-state index contributed by atoms with van der Waals surface area (Å²) < 4.78 is 6.15. The highest BCUT2D eigenvalue weighted by atomic mass is 35.5. The van der Waals surface area contributed by atoms with Gasteiger partial charge in [-0.1, -0.05) is 39.0 Å². The van der Waals surface area contributed by atoms with Gasteiger partial charge in [0.25, 0.3) is 0 Å². The van der Waals surface area contributed by atoms with Crippen molar-refractivity contribution >= 4 is 12.4 Å². The number of para-hydroxylation sites is 1. The molecular weight excluding hydrogens is 246 g/mol. The second kappa shape index (κ2) is 6.44. The first kappa shape index (κ1) is 15.3. The van der Waals surface area contributed by atoms with E-state index in [-0.39, 0.29) is 17.8 Å². The van der Waals surface area contributed by atoms with Crippen LogP contribution in [0, 0.1) is 0 Å². The fourth-order valence-corrected chi connectivity index (χ4v) is 2.29. The average Bonchev–Trinajstić information content (AvgIpc) is 2.30. The molecule has 2 rings (SSSR count). The maximum atomic E-state index is 6.15. The van der Waals surface area contributed by atoms with Gasteiger partial charge in [0.15, 0.2) is 0 Å². The summed E-state index contributed by atoms with van der Waals surface area (Å²) in [6, 6.07) is 8.41. The molecule has 3 heteroatoms. The maximum Gasteiger partial charge on any atom is 0.123 e. The third-order valence-electron chi connectivity index (χ3n) is 3.24. The van der Waals surface area contributed by atoms with Crippen LogP contribution in [-0.2, 0) is 5.41 Å². The summed E-state index contributed by atoms with van der Waals surface area (Å²) in [5, 5.41) is 3.39. The van der Waals surface area contributed by atoms with Gasteiger partial charge in [-0.05, 0) is 36.4 Å². The minimum absolute atomic E-state index is 0. The van der Waals surface area contributed by atoms with E-state index in [1.54, 1.807) is 0 Å². The van der Waals surface area contributed by atoms with Crippen LogP contribution in [0.4, 0.5) is 0 Å². The first-order chi connectivity index (χ1) is 8.07. The van der Waals surface area contributed by atoms with Crippen LogP contribution in [0.3, 0.4) is 0 Å². The number of nitrogens with one attached hydrogen (secondary N) is 1. The second-order valence-electron chi connectivity index (χ2n) is 5.83. The van der Waals surface area contributed by atoms with Gasteiger partial charge in [0.1, 0.15) is 11.9 Å². The lowest BCUT2D eigenvalue weighted by Crippen LogP contribution is -2.37. The molecule has 0 bridgehead atoms. The van der Waals surface area contributed by atoms with Gasteiger partial charge in [-0.15, -0.1) is 12.4 Å². The van der Waals surface area contributed by atoms with Crippen molar-refractivity contribution < 1.29 is 4.74 Å². The second-order valence-corrected chi connectivity index (χ2v) is 5.83. The zero-order valence-corrected chi connectivity index (χ0v) is 12.3. The summed E-state index contributed by atoms with van der Waals surface area (Å²) in [5.41, 5.74) is 1.43. The molecule has 18 heavy (non-hydrogen) atoms. The van der Waals surface area contributed by atoms with Crippen molar-refractivity contribution in [2.75, 3.05) is 13.1 Å². The number of hydrogen-bond donors (Lipinski definition) is 1. The molecule has 0 aliphatic carbocycles. The van der Waals surface area contributed by atoms with Crippen molar-refractivity contribution in [3.05, 3.63) is 29.8 Å². The van der Waals surface area contributed by atoms with E-state index >= 15 is 0 Å². The topological polar surface area (TPSA) is 21.3 Å². The van der Waals surface area contributed by atoms with Gasteiger partial charge in [0.2, 0.25) is 0 Å². The first-order valence-electron chi connectivity index (χ1n) is 6.54. The predicted octanol–water partition coefficient (Wildman–Crippen LogP) is 3.54. The summed E-state index contributed by atoms with van der Waals surface area (Å²) in [6.45, 7) is 8.79. The Morgan fingerprint density at radius 1 is 1.22 bits per heavy atom. The van der Waals surface area contributed by atoms with E-state index < -0.39 is 0 Å². The van der Waals surface area contributed by atoms with E-state index in [0.29, 0.717) is 6.10 Å². The molecular formula is C15H24ClNO. The lowest BCUT2D eigenvalue weighted by molar-refractivity contribution is 0.164. The van der Waals surface area contributed by atoms with Gasteiger partial charge in [0, 0.05) is 6.54 Å². The molecule has 0 saturated carbocycles. The van der Waals surface area contributed by atoms with Gasteiger partial charge in [-0.25, -0.2) is 0 Å². The van der Waals surface area contributed by atoms with E-state index in [1.165, 1.54) is 12.0 Å². The highest BCUT2D eigenvalue weighted by Gasteiger charge is 2.21. The van der Waals surface area contributed by atoms with Gasteiger partial charge in [-0.3, -0.25) is 0 Å². The Kier molecular flexibility index (Phi) is 5.48. The molecule has 0 spiro atoms. The van der Waals surface area contributed by atoms with Gasteiger partial charge >= 0.3 is 0 Å². The van der Waals surface area contributed by atoms with Crippen LogP contribution in [0.5, 0.6) is 5.75 Å². The van der Waals surface area contributed by atoms with Crippen molar-refractivity contribution in [1.82, 2.24) is 5.32 Å². The van der Waals surface area contributed by atoms with Crippen molar-refractivity contribution in [1.29, 1.82) is 0 Å². The molecule has 1 aromatic rings. The summed E-state index contributed by atoms with van der Waals surface area (Å²) in [7, 11) is 0. The number of ether oxygens (including phenoxy) is 1. The van der Waals surface area contributed by atoms with Crippen molar-refractivity contribution in [3.8, 4) is 5.75 Å². The smallest absolute Gasteiger partial charge is 0.123 e. The Morgan fingerprint density at radius 3 is 2.56 bits per heavy atom. The zero-order valence-electron chi connectivity index (χ0n) is 11.5. The zero-order chi connectivity index (χ0) is 12.3. The molecule has 102 valence electrons. The number of rotatable bonds is 2. The molecule has 0 amide bonds. The molecule has 1 atom stereocenters. The molecule has 2 nitrogen and oxygen atoms in total. The summed E-state index contributed by atoms with van der Waals surface area (Å²) in [6.07, 6.45) is 2.70. The number of halogens is 1. The van der Waals surface area contributed by atoms with Crippen LogP contribution in [0.25, 0.3) is 0 Å². The Morgan fingerprint density at radius 2 is 1.94 bits per heavy atom. The van der Waals surface area contributed by atoms with Gasteiger partial charge in [0.05, 0.1) is 0 Å². The first-order valence-corrected chi connectivity index (χ1v) is 6.54. The largest absolute Gasteiger partial charge is 0.489 e. The normalized spacial score (nSPS) is 20.1. The van der Waals surface area contributed by atoms with Crippen LogP contribution in [0.1, 0.15) is 39.2 Å². The molecule has 1 aliphatic rings. The van der Waals surface area contributed by atoms with E-state index in [4.69, 9.17) is 4.74 Å². The fraction of sp³-hybridized carbons (Fsp3) is 0.600. The standard InChI is InChI=1S/C15H23NO.ClH/c1-15(2,3)13-8-4-5-9-14(13)17-12-7-6-10-16-11-12;/h4-5,8-9,12,16H,6-7,10-11H2,1-3H3;1H. The van der Waals surface area contributed by atoms with Crippen LogP contribution in [0.15, 0.2) is 24.3 Å². The quantitative estimate of drug-likeness (QED) is 0.887. The van der Waals surface area contributed by atoms with E-state index in [1.807, 2.05) is 0 Å². The highest BCUT2D eigenvalue weighted by molar-refractivity contribution is 5.85. The molecule has 0 aromatic heterocycles. The molecule has 1 aliphatic heterocycles. The molecule has 0 radical (unpaired) electrons. The monoisotopic (exact) mass is 269 g/mol. The highest BCUT2D eigenvalue weighted by Crippen LogP contribution is 2.32. The Bertz CT molecular complexity index is 367. The molecule has 1 unspecified atom stereocenters. The van der Waals surface area contributed by atoms with Gasteiger partial charge in [-0.2, -0.15) is 0 Å². The molecule has 1 fully saturated rings. The minimum Gasteiger partial charge on any atom is -0.489 e. The number of benzene rings is 1. The van der Waals surface area contributed by atoms with Crippen LogP contribution in [0.2, 0.25) is 0 Å². The summed E-state index contributed by atoms with van der Waals surface area (Å²) in [5.74, 6) is 1.05. The van der Waals surface area contributed by atoms with Crippen molar-refractivity contribution in [2.24, 2.45) is 0 Å².